The van der Waals surface area contributed by atoms with E-state index in [-0.39, 0.29) is 11.4 Å². The summed E-state index contributed by atoms with van der Waals surface area (Å²) in [4.78, 5) is 11.3. The zero-order valence-corrected chi connectivity index (χ0v) is 9.47. The molecule has 0 aliphatic heterocycles. The Hall–Kier alpha value is -0.570. The lowest BCUT2D eigenvalue weighted by Gasteiger charge is -2.47. The second-order valence-electron chi connectivity index (χ2n) is 4.79. The summed E-state index contributed by atoms with van der Waals surface area (Å²) in [5.74, 6) is 1.14. The second-order valence-corrected chi connectivity index (χ2v) is 4.79. The average molecular weight is 198 g/mol. The number of nitrogens with two attached hydrogens (primary N) is 1. The molecular weight excluding hydrogens is 176 g/mol. The van der Waals surface area contributed by atoms with Gasteiger partial charge in [-0.1, -0.05) is 20.8 Å². The molecule has 1 fully saturated rings. The third-order valence-corrected chi connectivity index (χ3v) is 3.35. The van der Waals surface area contributed by atoms with Crippen molar-refractivity contribution in [2.45, 2.75) is 45.6 Å². The molecule has 3 heteroatoms. The molecule has 3 nitrogen and oxygen atoms in total. The standard InChI is InChI=1S/C11H22N2O/c1-4-5-13-11(10(12)14)6-9(7-11)8(2)3/h8-9,13H,4-7H2,1-3H3,(H2,12,14). The summed E-state index contributed by atoms with van der Waals surface area (Å²) in [6.07, 6.45) is 2.88. The number of amides is 1. The molecule has 1 aliphatic carbocycles. The molecule has 1 amide bonds. The number of rotatable bonds is 5. The van der Waals surface area contributed by atoms with Gasteiger partial charge in [0.25, 0.3) is 0 Å². The monoisotopic (exact) mass is 198 g/mol. The van der Waals surface area contributed by atoms with Crippen LogP contribution in [0, 0.1) is 11.8 Å². The van der Waals surface area contributed by atoms with Crippen molar-refractivity contribution in [3.8, 4) is 0 Å². The largest absolute Gasteiger partial charge is 0.368 e. The van der Waals surface area contributed by atoms with Crippen LogP contribution in [0.2, 0.25) is 0 Å². The van der Waals surface area contributed by atoms with Gasteiger partial charge in [-0.2, -0.15) is 0 Å². The number of hydrogen-bond donors (Lipinski definition) is 2. The first kappa shape index (κ1) is 11.5. The molecular formula is C11H22N2O. The lowest BCUT2D eigenvalue weighted by Crippen LogP contribution is -2.64. The predicted octanol–water partition coefficient (Wildman–Crippen LogP) is 1.28. The van der Waals surface area contributed by atoms with E-state index in [0.717, 1.165) is 25.8 Å². The number of carbonyl (C=O) groups is 1. The SMILES string of the molecule is CCCNC1(C(N)=O)CC(C(C)C)C1. The highest BCUT2D eigenvalue weighted by Crippen LogP contribution is 2.41. The molecule has 0 heterocycles. The minimum atomic E-state index is -0.384. The third-order valence-electron chi connectivity index (χ3n) is 3.35. The lowest BCUT2D eigenvalue weighted by molar-refractivity contribution is -0.131. The quantitative estimate of drug-likeness (QED) is 0.699. The molecule has 0 aromatic rings. The first-order valence-electron chi connectivity index (χ1n) is 5.57. The Bertz CT molecular complexity index is 207. The van der Waals surface area contributed by atoms with Crippen molar-refractivity contribution in [1.82, 2.24) is 5.32 Å². The topological polar surface area (TPSA) is 55.1 Å². The van der Waals surface area contributed by atoms with Gasteiger partial charge in [0, 0.05) is 0 Å². The van der Waals surface area contributed by atoms with Gasteiger partial charge in [0.2, 0.25) is 5.91 Å². The van der Waals surface area contributed by atoms with Crippen molar-refractivity contribution < 1.29 is 4.79 Å². The Morgan fingerprint density at radius 3 is 2.50 bits per heavy atom. The van der Waals surface area contributed by atoms with E-state index in [9.17, 15) is 4.79 Å². The fourth-order valence-corrected chi connectivity index (χ4v) is 2.10. The van der Waals surface area contributed by atoms with E-state index in [1.54, 1.807) is 0 Å². The van der Waals surface area contributed by atoms with E-state index >= 15 is 0 Å². The van der Waals surface area contributed by atoms with E-state index in [4.69, 9.17) is 5.73 Å². The van der Waals surface area contributed by atoms with Gasteiger partial charge >= 0.3 is 0 Å². The Kier molecular flexibility index (Phi) is 3.53. The van der Waals surface area contributed by atoms with E-state index < -0.39 is 0 Å². The summed E-state index contributed by atoms with van der Waals surface area (Å²) in [5, 5.41) is 3.29. The van der Waals surface area contributed by atoms with Gasteiger partial charge in [-0.05, 0) is 37.6 Å². The lowest BCUT2D eigenvalue weighted by atomic mass is 9.63. The van der Waals surface area contributed by atoms with Crippen LogP contribution >= 0.6 is 0 Å². The van der Waals surface area contributed by atoms with Crippen LogP contribution in [0.4, 0.5) is 0 Å². The highest BCUT2D eigenvalue weighted by atomic mass is 16.1. The Morgan fingerprint density at radius 1 is 1.57 bits per heavy atom. The summed E-state index contributed by atoms with van der Waals surface area (Å²) >= 11 is 0. The maximum Gasteiger partial charge on any atom is 0.237 e. The molecule has 3 N–H and O–H groups in total. The second kappa shape index (κ2) is 4.30. The van der Waals surface area contributed by atoms with Gasteiger partial charge in [0.05, 0.1) is 5.54 Å². The predicted molar refractivity (Wildman–Crippen MR) is 57.8 cm³/mol. The van der Waals surface area contributed by atoms with E-state index in [1.165, 1.54) is 0 Å². The minimum absolute atomic E-state index is 0.178. The first-order valence-corrected chi connectivity index (χ1v) is 5.57. The Morgan fingerprint density at radius 2 is 2.14 bits per heavy atom. The molecule has 0 unspecified atom stereocenters. The number of nitrogens with one attached hydrogen (secondary N) is 1. The first-order chi connectivity index (χ1) is 6.52. The maximum atomic E-state index is 11.3. The molecule has 1 aliphatic rings. The Labute approximate surface area is 86.4 Å². The fourth-order valence-electron chi connectivity index (χ4n) is 2.10. The van der Waals surface area contributed by atoms with Crippen molar-refractivity contribution >= 4 is 5.91 Å². The van der Waals surface area contributed by atoms with Gasteiger partial charge in [0.1, 0.15) is 0 Å². The zero-order valence-electron chi connectivity index (χ0n) is 9.47. The molecule has 0 spiro atoms. The fraction of sp³-hybridized carbons (Fsp3) is 0.909. The molecule has 0 aromatic carbocycles. The molecule has 1 rings (SSSR count). The van der Waals surface area contributed by atoms with Crippen LogP contribution in [0.15, 0.2) is 0 Å². The van der Waals surface area contributed by atoms with Crippen LogP contribution in [-0.4, -0.2) is 18.0 Å². The van der Waals surface area contributed by atoms with Crippen molar-refractivity contribution in [2.75, 3.05) is 6.54 Å². The zero-order chi connectivity index (χ0) is 10.8. The van der Waals surface area contributed by atoms with Crippen molar-refractivity contribution in [1.29, 1.82) is 0 Å². The smallest absolute Gasteiger partial charge is 0.237 e. The Balaban J connectivity index is 2.49. The van der Waals surface area contributed by atoms with Crippen LogP contribution in [0.1, 0.15) is 40.0 Å². The molecule has 0 bridgehead atoms. The molecule has 14 heavy (non-hydrogen) atoms. The van der Waals surface area contributed by atoms with Crippen LogP contribution in [0.25, 0.3) is 0 Å². The summed E-state index contributed by atoms with van der Waals surface area (Å²) < 4.78 is 0. The summed E-state index contributed by atoms with van der Waals surface area (Å²) in [7, 11) is 0. The van der Waals surface area contributed by atoms with E-state index in [2.05, 4.69) is 26.1 Å². The van der Waals surface area contributed by atoms with Gasteiger partial charge in [0.15, 0.2) is 0 Å². The number of carbonyl (C=O) groups excluding carboxylic acids is 1. The van der Waals surface area contributed by atoms with Gasteiger partial charge in [-0.15, -0.1) is 0 Å². The van der Waals surface area contributed by atoms with Crippen LogP contribution < -0.4 is 11.1 Å². The van der Waals surface area contributed by atoms with Crippen molar-refractivity contribution in [3.63, 3.8) is 0 Å². The highest BCUT2D eigenvalue weighted by molar-refractivity contribution is 5.85. The minimum Gasteiger partial charge on any atom is -0.368 e. The van der Waals surface area contributed by atoms with Gasteiger partial charge in [-0.3, -0.25) is 4.79 Å². The van der Waals surface area contributed by atoms with E-state index in [1.807, 2.05) is 0 Å². The van der Waals surface area contributed by atoms with Crippen molar-refractivity contribution in [3.05, 3.63) is 0 Å². The summed E-state index contributed by atoms with van der Waals surface area (Å²) in [5.41, 5.74) is 5.05. The molecule has 0 saturated heterocycles. The van der Waals surface area contributed by atoms with E-state index in [0.29, 0.717) is 11.8 Å². The van der Waals surface area contributed by atoms with Gasteiger partial charge < -0.3 is 11.1 Å². The molecule has 1 saturated carbocycles. The van der Waals surface area contributed by atoms with Crippen LogP contribution in [0.3, 0.4) is 0 Å². The number of primary amides is 1. The maximum absolute atomic E-state index is 11.3. The summed E-state index contributed by atoms with van der Waals surface area (Å²) in [6, 6.07) is 0. The average Bonchev–Trinajstić information content (AvgIpc) is 2.01. The van der Waals surface area contributed by atoms with Crippen LogP contribution in [-0.2, 0) is 4.79 Å². The molecule has 82 valence electrons. The molecule has 0 atom stereocenters. The molecule has 0 aromatic heterocycles. The third kappa shape index (κ3) is 2.08. The highest BCUT2D eigenvalue weighted by Gasteiger charge is 2.49. The molecule has 0 radical (unpaired) electrons. The number of hydrogen-bond acceptors (Lipinski definition) is 2. The van der Waals surface area contributed by atoms with Crippen LogP contribution in [0.5, 0.6) is 0 Å². The normalized spacial score (nSPS) is 31.6. The summed E-state index contributed by atoms with van der Waals surface area (Å²) in [6.45, 7) is 7.39. The van der Waals surface area contributed by atoms with Gasteiger partial charge in [-0.25, -0.2) is 0 Å². The van der Waals surface area contributed by atoms with Crippen molar-refractivity contribution in [2.24, 2.45) is 17.6 Å².